The number of carboxylic acids is 1. The minimum atomic E-state index is -1.08. The zero-order valence-corrected chi connectivity index (χ0v) is 6.89. The van der Waals surface area contributed by atoms with Crippen LogP contribution in [-0.4, -0.2) is 22.3 Å². The zero-order valence-electron chi connectivity index (χ0n) is 6.89. The number of hydrogen-bond donors (Lipinski definition) is 1. The van der Waals surface area contributed by atoms with Gasteiger partial charge in [-0.05, 0) is 13.3 Å². The molecule has 0 fully saturated rings. The molecule has 0 rings (SSSR count). The average Bonchev–Trinajstić information content (AvgIpc) is 1.85. The molecule has 0 aliphatic carbocycles. The molecule has 0 aromatic rings. The summed E-state index contributed by atoms with van der Waals surface area (Å²) in [5.74, 6) is -1.90. The first kappa shape index (κ1) is 10.7. The highest BCUT2D eigenvalue weighted by Gasteiger charge is 2.25. The maximum atomic E-state index is 10.5. The van der Waals surface area contributed by atoms with Crippen molar-refractivity contribution < 1.29 is 19.8 Å². The molecule has 0 heterocycles. The van der Waals surface area contributed by atoms with Gasteiger partial charge in [0.25, 0.3) is 5.09 Å². The van der Waals surface area contributed by atoms with E-state index in [2.05, 4.69) is 4.84 Å². The van der Waals surface area contributed by atoms with Crippen LogP contribution in [0.4, 0.5) is 0 Å². The molecule has 0 aliphatic rings. The normalized spacial score (nSPS) is 14.8. The van der Waals surface area contributed by atoms with E-state index in [1.807, 2.05) is 0 Å². The molecule has 2 atom stereocenters. The molecule has 0 aromatic carbocycles. The molecule has 12 heavy (non-hydrogen) atoms. The van der Waals surface area contributed by atoms with Crippen molar-refractivity contribution in [3.63, 3.8) is 0 Å². The molecule has 2 unspecified atom stereocenters. The third-order valence-electron chi connectivity index (χ3n) is 1.58. The molecule has 0 radical (unpaired) electrons. The first-order chi connectivity index (χ1) is 5.49. The van der Waals surface area contributed by atoms with E-state index in [0.717, 1.165) is 0 Å². The van der Waals surface area contributed by atoms with Gasteiger partial charge in [-0.15, -0.1) is 10.1 Å². The topological polar surface area (TPSA) is 89.7 Å². The molecule has 0 bridgehead atoms. The van der Waals surface area contributed by atoms with E-state index in [4.69, 9.17) is 5.11 Å². The summed E-state index contributed by atoms with van der Waals surface area (Å²) >= 11 is 0. The van der Waals surface area contributed by atoms with E-state index < -0.39 is 23.1 Å². The largest absolute Gasteiger partial charge is 0.481 e. The quantitative estimate of drug-likeness (QED) is 0.493. The van der Waals surface area contributed by atoms with E-state index >= 15 is 0 Å². The molecule has 1 N–H and O–H groups in total. The van der Waals surface area contributed by atoms with E-state index in [1.54, 1.807) is 6.92 Å². The third kappa shape index (κ3) is 3.18. The standard InChI is InChI=1S/C6H11NO5/c1-3-5(6(8)9)4(2)12-7(10)11/h4-5H,3H2,1-2H3,(H,8,9). The Morgan fingerprint density at radius 3 is 2.50 bits per heavy atom. The highest BCUT2D eigenvalue weighted by Crippen LogP contribution is 2.11. The Labute approximate surface area is 69.2 Å². The second-order valence-electron chi connectivity index (χ2n) is 2.39. The fourth-order valence-corrected chi connectivity index (χ4v) is 0.917. The summed E-state index contributed by atoms with van der Waals surface area (Å²) in [6, 6.07) is 0. The molecule has 0 aliphatic heterocycles. The van der Waals surface area contributed by atoms with Gasteiger partial charge in [-0.25, -0.2) is 0 Å². The third-order valence-corrected chi connectivity index (χ3v) is 1.58. The van der Waals surface area contributed by atoms with Crippen LogP contribution in [0.25, 0.3) is 0 Å². The number of carbonyl (C=O) groups is 1. The van der Waals surface area contributed by atoms with Crippen molar-refractivity contribution in [2.24, 2.45) is 5.92 Å². The number of nitrogens with zero attached hydrogens (tertiary/aromatic N) is 1. The minimum Gasteiger partial charge on any atom is -0.481 e. The van der Waals surface area contributed by atoms with Gasteiger partial charge in [-0.1, -0.05) is 6.92 Å². The Morgan fingerprint density at radius 1 is 1.75 bits per heavy atom. The van der Waals surface area contributed by atoms with Crippen LogP contribution >= 0.6 is 0 Å². The van der Waals surface area contributed by atoms with Crippen LogP contribution in [0.1, 0.15) is 20.3 Å². The van der Waals surface area contributed by atoms with Crippen molar-refractivity contribution in [2.75, 3.05) is 0 Å². The van der Waals surface area contributed by atoms with Crippen LogP contribution in [0.2, 0.25) is 0 Å². The van der Waals surface area contributed by atoms with Crippen molar-refractivity contribution >= 4 is 5.97 Å². The molecule has 70 valence electrons. The van der Waals surface area contributed by atoms with Gasteiger partial charge in [0.15, 0.2) is 0 Å². The summed E-state index contributed by atoms with van der Waals surface area (Å²) in [5, 5.41) is 17.4. The summed E-state index contributed by atoms with van der Waals surface area (Å²) in [6.07, 6.45) is -0.591. The summed E-state index contributed by atoms with van der Waals surface area (Å²) in [6.45, 7) is 3.00. The number of aliphatic carboxylic acids is 1. The fraction of sp³-hybridized carbons (Fsp3) is 0.833. The van der Waals surface area contributed by atoms with Gasteiger partial charge in [-0.3, -0.25) is 4.79 Å². The van der Waals surface area contributed by atoms with Crippen molar-refractivity contribution in [2.45, 2.75) is 26.4 Å². The first-order valence-corrected chi connectivity index (χ1v) is 3.53. The second kappa shape index (κ2) is 4.53. The van der Waals surface area contributed by atoms with Crippen molar-refractivity contribution in [1.29, 1.82) is 0 Å². The maximum Gasteiger partial charge on any atom is 0.308 e. The van der Waals surface area contributed by atoms with Crippen molar-refractivity contribution in [3.8, 4) is 0 Å². The van der Waals surface area contributed by atoms with E-state index in [0.29, 0.717) is 6.42 Å². The van der Waals surface area contributed by atoms with Gasteiger partial charge >= 0.3 is 5.97 Å². The highest BCUT2D eigenvalue weighted by molar-refractivity contribution is 5.70. The molecule has 0 saturated heterocycles. The Bertz CT molecular complexity index is 181. The Hall–Kier alpha value is -1.33. The average molecular weight is 177 g/mol. The summed E-state index contributed by atoms with van der Waals surface area (Å²) < 4.78 is 0. The predicted octanol–water partition coefficient (Wildman–Crippen LogP) is 0.694. The maximum absolute atomic E-state index is 10.5. The van der Waals surface area contributed by atoms with Crippen LogP contribution in [0.3, 0.4) is 0 Å². The van der Waals surface area contributed by atoms with E-state index in [1.165, 1.54) is 6.92 Å². The van der Waals surface area contributed by atoms with Crippen LogP contribution in [0.5, 0.6) is 0 Å². The number of hydrogen-bond acceptors (Lipinski definition) is 4. The minimum absolute atomic E-state index is 0.310. The highest BCUT2D eigenvalue weighted by atomic mass is 17.0. The number of rotatable bonds is 5. The van der Waals surface area contributed by atoms with Gasteiger partial charge < -0.3 is 9.94 Å². The van der Waals surface area contributed by atoms with Crippen molar-refractivity contribution in [1.82, 2.24) is 0 Å². The lowest BCUT2D eigenvalue weighted by Gasteiger charge is -2.15. The summed E-state index contributed by atoms with van der Waals surface area (Å²) in [5.41, 5.74) is 0. The van der Waals surface area contributed by atoms with Crippen LogP contribution in [0.15, 0.2) is 0 Å². The monoisotopic (exact) mass is 177 g/mol. The van der Waals surface area contributed by atoms with Gasteiger partial charge in [-0.2, -0.15) is 0 Å². The van der Waals surface area contributed by atoms with Gasteiger partial charge in [0, 0.05) is 0 Å². The lowest BCUT2D eigenvalue weighted by Crippen LogP contribution is -2.29. The van der Waals surface area contributed by atoms with Crippen LogP contribution in [0, 0.1) is 16.0 Å². The van der Waals surface area contributed by atoms with Gasteiger partial charge in [0.05, 0.1) is 5.92 Å². The van der Waals surface area contributed by atoms with E-state index in [9.17, 15) is 14.9 Å². The van der Waals surface area contributed by atoms with Crippen LogP contribution in [-0.2, 0) is 9.63 Å². The molecule has 0 saturated carbocycles. The van der Waals surface area contributed by atoms with Gasteiger partial charge in [0.1, 0.15) is 6.10 Å². The molecule has 0 amide bonds. The molecule has 6 nitrogen and oxygen atoms in total. The zero-order chi connectivity index (χ0) is 9.72. The molecular formula is C6H11NO5. The SMILES string of the molecule is CCC(C(=O)O)C(C)O[N+](=O)[O-]. The van der Waals surface area contributed by atoms with Crippen molar-refractivity contribution in [3.05, 3.63) is 10.1 Å². The second-order valence-corrected chi connectivity index (χ2v) is 2.39. The molecular weight excluding hydrogens is 166 g/mol. The lowest BCUT2D eigenvalue weighted by molar-refractivity contribution is -0.769. The Kier molecular flexibility index (Phi) is 4.03. The van der Waals surface area contributed by atoms with Gasteiger partial charge in [0.2, 0.25) is 0 Å². The Morgan fingerprint density at radius 2 is 2.25 bits per heavy atom. The summed E-state index contributed by atoms with van der Waals surface area (Å²) in [4.78, 5) is 24.4. The van der Waals surface area contributed by atoms with Crippen LogP contribution < -0.4 is 0 Å². The smallest absolute Gasteiger partial charge is 0.308 e. The van der Waals surface area contributed by atoms with E-state index in [-0.39, 0.29) is 0 Å². The molecule has 0 aromatic heterocycles. The summed E-state index contributed by atoms with van der Waals surface area (Å²) in [7, 11) is 0. The first-order valence-electron chi connectivity index (χ1n) is 3.53. The number of carboxylic acid groups (broad SMARTS) is 1. The Balaban J connectivity index is 4.11. The molecule has 0 spiro atoms. The predicted molar refractivity (Wildman–Crippen MR) is 39.0 cm³/mol. The fourth-order valence-electron chi connectivity index (χ4n) is 0.917. The molecule has 6 heteroatoms. The lowest BCUT2D eigenvalue weighted by atomic mass is 10.0.